The lowest BCUT2D eigenvalue weighted by molar-refractivity contribution is -0.120. The summed E-state index contributed by atoms with van der Waals surface area (Å²) in [6.07, 6.45) is 0.507. The molecule has 0 unspecified atom stereocenters. The summed E-state index contributed by atoms with van der Waals surface area (Å²) >= 11 is 0. The molecule has 0 aliphatic rings. The van der Waals surface area contributed by atoms with Gasteiger partial charge in [0.25, 0.3) is 0 Å². The fraction of sp³-hybridized carbons (Fsp3) is 0.417. The quantitative estimate of drug-likeness (QED) is 0.751. The van der Waals surface area contributed by atoms with Gasteiger partial charge >= 0.3 is 0 Å². The van der Waals surface area contributed by atoms with Crippen LogP contribution in [-0.2, 0) is 14.8 Å². The van der Waals surface area contributed by atoms with E-state index in [1.54, 1.807) is 6.92 Å². The molecule has 1 aromatic rings. The number of nitrogens with one attached hydrogen (secondary N) is 1. The third-order valence-electron chi connectivity index (χ3n) is 2.65. The molecule has 0 saturated carbocycles. The smallest absolute Gasteiger partial charge is 0.246 e. The Balaban J connectivity index is 3.18. The largest absolute Gasteiger partial charge is 0.399 e. The van der Waals surface area contributed by atoms with Crippen molar-refractivity contribution in [2.45, 2.75) is 18.2 Å². The number of rotatable bonds is 6. The summed E-state index contributed by atoms with van der Waals surface area (Å²) in [5.74, 6) is -1.39. The Bertz CT molecular complexity index is 590. The monoisotopic (exact) mass is 303 g/mol. The summed E-state index contributed by atoms with van der Waals surface area (Å²) < 4.78 is 39.5. The molecule has 112 valence electrons. The highest BCUT2D eigenvalue weighted by Crippen LogP contribution is 2.21. The summed E-state index contributed by atoms with van der Waals surface area (Å²) in [5.41, 5.74) is 5.53. The Kier molecular flexibility index (Phi) is 5.46. The number of hydrogen-bond donors (Lipinski definition) is 2. The summed E-state index contributed by atoms with van der Waals surface area (Å²) in [4.78, 5) is 10.9. The van der Waals surface area contributed by atoms with Gasteiger partial charge in [-0.25, -0.2) is 12.8 Å². The predicted molar refractivity (Wildman–Crippen MR) is 73.9 cm³/mol. The molecule has 0 bridgehead atoms. The fourth-order valence-corrected chi connectivity index (χ4v) is 3.17. The third kappa shape index (κ3) is 3.67. The van der Waals surface area contributed by atoms with Gasteiger partial charge in [0.1, 0.15) is 10.7 Å². The van der Waals surface area contributed by atoms with Crippen molar-refractivity contribution in [2.24, 2.45) is 0 Å². The number of sulfonamides is 1. The number of anilines is 1. The van der Waals surface area contributed by atoms with E-state index in [0.29, 0.717) is 6.42 Å². The fourth-order valence-electron chi connectivity index (χ4n) is 1.64. The molecule has 0 atom stereocenters. The number of carbonyl (C=O) groups excluding carboxylic acids is 1. The van der Waals surface area contributed by atoms with Crippen LogP contribution in [-0.4, -0.2) is 38.8 Å². The van der Waals surface area contributed by atoms with Crippen LogP contribution in [0.5, 0.6) is 0 Å². The Morgan fingerprint density at radius 1 is 1.45 bits per heavy atom. The Morgan fingerprint density at radius 3 is 2.60 bits per heavy atom. The first kappa shape index (κ1) is 16.4. The first-order valence-corrected chi connectivity index (χ1v) is 7.52. The van der Waals surface area contributed by atoms with Crippen molar-refractivity contribution in [1.29, 1.82) is 0 Å². The van der Waals surface area contributed by atoms with Crippen LogP contribution in [0.2, 0.25) is 0 Å². The average molecular weight is 303 g/mol. The second-order valence-corrected chi connectivity index (χ2v) is 6.11. The minimum atomic E-state index is -4.07. The lowest BCUT2D eigenvalue weighted by atomic mass is 10.3. The van der Waals surface area contributed by atoms with Crippen LogP contribution in [0.3, 0.4) is 0 Å². The van der Waals surface area contributed by atoms with E-state index in [1.165, 1.54) is 13.1 Å². The SMILES string of the molecule is CCCN(CC(=O)NC)S(=O)(=O)c1ccc(N)cc1F. The maximum absolute atomic E-state index is 13.8. The molecule has 1 aromatic carbocycles. The van der Waals surface area contributed by atoms with E-state index < -0.39 is 26.6 Å². The van der Waals surface area contributed by atoms with E-state index in [-0.39, 0.29) is 18.8 Å². The van der Waals surface area contributed by atoms with Gasteiger partial charge in [-0.3, -0.25) is 4.79 Å². The van der Waals surface area contributed by atoms with Crippen molar-refractivity contribution in [2.75, 3.05) is 25.9 Å². The Morgan fingerprint density at radius 2 is 2.10 bits per heavy atom. The normalized spacial score (nSPS) is 11.6. The highest BCUT2D eigenvalue weighted by Gasteiger charge is 2.28. The number of nitrogens with zero attached hydrogens (tertiary/aromatic N) is 1. The van der Waals surface area contributed by atoms with Crippen LogP contribution in [0.4, 0.5) is 10.1 Å². The zero-order chi connectivity index (χ0) is 15.3. The van der Waals surface area contributed by atoms with E-state index in [1.807, 2.05) is 0 Å². The highest BCUT2D eigenvalue weighted by molar-refractivity contribution is 7.89. The van der Waals surface area contributed by atoms with Gasteiger partial charge in [-0.05, 0) is 24.6 Å². The molecule has 0 spiro atoms. The number of halogens is 1. The first-order chi connectivity index (χ1) is 9.32. The van der Waals surface area contributed by atoms with Crippen LogP contribution in [0, 0.1) is 5.82 Å². The number of nitrogens with two attached hydrogens (primary N) is 1. The molecule has 3 N–H and O–H groups in total. The van der Waals surface area contributed by atoms with E-state index in [9.17, 15) is 17.6 Å². The lowest BCUT2D eigenvalue weighted by Crippen LogP contribution is -2.40. The standard InChI is InChI=1S/C12H18FN3O3S/c1-3-6-16(8-12(17)15-2)20(18,19)11-5-4-9(14)7-10(11)13/h4-5,7H,3,6,8,14H2,1-2H3,(H,15,17). The zero-order valence-electron chi connectivity index (χ0n) is 11.4. The van der Waals surface area contributed by atoms with Crippen molar-refractivity contribution in [3.05, 3.63) is 24.0 Å². The van der Waals surface area contributed by atoms with Gasteiger partial charge in [0.2, 0.25) is 15.9 Å². The van der Waals surface area contributed by atoms with Gasteiger partial charge in [0.15, 0.2) is 0 Å². The minimum absolute atomic E-state index is 0.125. The van der Waals surface area contributed by atoms with Crippen molar-refractivity contribution >= 4 is 21.6 Å². The van der Waals surface area contributed by atoms with Gasteiger partial charge < -0.3 is 11.1 Å². The van der Waals surface area contributed by atoms with Crippen molar-refractivity contribution < 1.29 is 17.6 Å². The van der Waals surface area contributed by atoms with E-state index in [0.717, 1.165) is 16.4 Å². The maximum atomic E-state index is 13.8. The zero-order valence-corrected chi connectivity index (χ0v) is 12.2. The van der Waals surface area contributed by atoms with Crippen LogP contribution >= 0.6 is 0 Å². The molecule has 0 radical (unpaired) electrons. The van der Waals surface area contributed by atoms with E-state index in [4.69, 9.17) is 5.73 Å². The molecule has 1 rings (SSSR count). The highest BCUT2D eigenvalue weighted by atomic mass is 32.2. The molecule has 1 amide bonds. The molecule has 8 heteroatoms. The van der Waals surface area contributed by atoms with Crippen molar-refractivity contribution in [1.82, 2.24) is 9.62 Å². The van der Waals surface area contributed by atoms with E-state index in [2.05, 4.69) is 5.32 Å². The number of benzene rings is 1. The van der Waals surface area contributed by atoms with Gasteiger partial charge in [0, 0.05) is 19.3 Å². The number of nitrogen functional groups attached to an aromatic ring is 1. The third-order valence-corrected chi connectivity index (χ3v) is 4.52. The Hall–Kier alpha value is -1.67. The topological polar surface area (TPSA) is 92.5 Å². The second kappa shape index (κ2) is 6.67. The molecular formula is C12H18FN3O3S. The van der Waals surface area contributed by atoms with Crippen LogP contribution in [0.15, 0.2) is 23.1 Å². The van der Waals surface area contributed by atoms with Gasteiger partial charge in [-0.1, -0.05) is 6.92 Å². The van der Waals surface area contributed by atoms with Gasteiger partial charge in [0.05, 0.1) is 6.54 Å². The van der Waals surface area contributed by atoms with Crippen molar-refractivity contribution in [3.63, 3.8) is 0 Å². The molecule has 20 heavy (non-hydrogen) atoms. The number of amides is 1. The first-order valence-electron chi connectivity index (χ1n) is 6.08. The molecule has 0 aliphatic carbocycles. The molecule has 0 fully saturated rings. The van der Waals surface area contributed by atoms with Crippen molar-refractivity contribution in [3.8, 4) is 0 Å². The summed E-state index contributed by atoms with van der Waals surface area (Å²) in [6.45, 7) is 1.54. The lowest BCUT2D eigenvalue weighted by Gasteiger charge is -2.21. The van der Waals surface area contributed by atoms with Gasteiger partial charge in [-0.15, -0.1) is 0 Å². The number of hydrogen-bond acceptors (Lipinski definition) is 4. The molecule has 0 aliphatic heterocycles. The van der Waals surface area contributed by atoms with Crippen LogP contribution < -0.4 is 11.1 Å². The summed E-state index contributed by atoms with van der Waals surface area (Å²) in [6, 6.07) is 3.35. The summed E-state index contributed by atoms with van der Waals surface area (Å²) in [7, 11) is -2.67. The molecule has 0 aromatic heterocycles. The van der Waals surface area contributed by atoms with Crippen LogP contribution in [0.1, 0.15) is 13.3 Å². The Labute approximate surface area is 117 Å². The number of carbonyl (C=O) groups is 1. The predicted octanol–water partition coefficient (Wildman–Crippen LogP) is 0.555. The van der Waals surface area contributed by atoms with Gasteiger partial charge in [-0.2, -0.15) is 4.31 Å². The second-order valence-electron chi connectivity index (χ2n) is 4.20. The van der Waals surface area contributed by atoms with Crippen LogP contribution in [0.25, 0.3) is 0 Å². The molecule has 0 heterocycles. The minimum Gasteiger partial charge on any atom is -0.399 e. The summed E-state index contributed by atoms with van der Waals surface area (Å²) in [5, 5.41) is 2.34. The molecule has 6 nitrogen and oxygen atoms in total. The average Bonchev–Trinajstić information content (AvgIpc) is 2.37. The maximum Gasteiger partial charge on any atom is 0.246 e. The molecular weight excluding hydrogens is 285 g/mol. The molecule has 0 saturated heterocycles. The number of likely N-dealkylation sites (N-methyl/N-ethyl adjacent to an activating group) is 1. The van der Waals surface area contributed by atoms with E-state index >= 15 is 0 Å².